The van der Waals surface area contributed by atoms with Gasteiger partial charge in [-0.15, -0.1) is 12.4 Å². The molecule has 7 nitrogen and oxygen atoms in total. The summed E-state index contributed by atoms with van der Waals surface area (Å²) in [5.74, 6) is 0.0241. The summed E-state index contributed by atoms with van der Waals surface area (Å²) in [5, 5.41) is 14.4. The van der Waals surface area contributed by atoms with Gasteiger partial charge in [0.1, 0.15) is 0 Å². The van der Waals surface area contributed by atoms with E-state index in [-0.39, 0.29) is 23.7 Å². The van der Waals surface area contributed by atoms with Crippen molar-refractivity contribution in [2.75, 3.05) is 26.7 Å². The fourth-order valence-electron chi connectivity index (χ4n) is 2.90. The van der Waals surface area contributed by atoms with Gasteiger partial charge in [0.15, 0.2) is 0 Å². The van der Waals surface area contributed by atoms with Crippen molar-refractivity contribution in [1.82, 2.24) is 10.2 Å². The molecule has 0 radical (unpaired) electrons. The average Bonchev–Trinajstić information content (AvgIpc) is 2.49. The molecule has 1 heterocycles. The SMILES string of the molecule is CNCC1CCN(Cc2ccc(C(N)=O)cc2[N+](=O)[O-])CC1.Cl. The molecule has 3 N–H and O–H groups in total. The fraction of sp³-hybridized carbons (Fsp3) is 0.533. The third-order valence-corrected chi connectivity index (χ3v) is 4.16. The number of carbonyl (C=O) groups excluding carboxylic acids is 1. The summed E-state index contributed by atoms with van der Waals surface area (Å²) in [5.41, 5.74) is 5.95. The standard InChI is InChI=1S/C15H22N4O3.ClH/c1-17-9-11-4-6-18(7-5-11)10-13-3-2-12(15(16)20)8-14(13)19(21)22;/h2-3,8,11,17H,4-7,9-10H2,1H3,(H2,16,20);1H. The smallest absolute Gasteiger partial charge is 0.274 e. The lowest BCUT2D eigenvalue weighted by molar-refractivity contribution is -0.385. The molecule has 8 heteroatoms. The van der Waals surface area contributed by atoms with Crippen LogP contribution in [-0.4, -0.2) is 42.4 Å². The lowest BCUT2D eigenvalue weighted by Gasteiger charge is -2.31. The minimum Gasteiger partial charge on any atom is -0.366 e. The summed E-state index contributed by atoms with van der Waals surface area (Å²) < 4.78 is 0. The Hall–Kier alpha value is -1.70. The van der Waals surface area contributed by atoms with Crippen LogP contribution < -0.4 is 11.1 Å². The van der Waals surface area contributed by atoms with E-state index in [1.165, 1.54) is 6.07 Å². The predicted molar refractivity (Wildman–Crippen MR) is 90.8 cm³/mol. The van der Waals surface area contributed by atoms with E-state index in [0.717, 1.165) is 32.5 Å². The Kier molecular flexibility index (Phi) is 7.41. The maximum absolute atomic E-state index is 11.2. The van der Waals surface area contributed by atoms with Crippen molar-refractivity contribution >= 4 is 24.0 Å². The topological polar surface area (TPSA) is 102 Å². The molecular weight excluding hydrogens is 320 g/mol. The van der Waals surface area contributed by atoms with E-state index in [0.29, 0.717) is 18.0 Å². The van der Waals surface area contributed by atoms with E-state index in [1.807, 2.05) is 7.05 Å². The number of nitrogens with two attached hydrogens (primary N) is 1. The van der Waals surface area contributed by atoms with E-state index < -0.39 is 10.8 Å². The number of primary amides is 1. The lowest BCUT2D eigenvalue weighted by atomic mass is 9.96. The minimum absolute atomic E-state index is 0. The van der Waals surface area contributed by atoms with Crippen molar-refractivity contribution in [3.05, 3.63) is 39.4 Å². The van der Waals surface area contributed by atoms with Crippen LogP contribution in [-0.2, 0) is 6.54 Å². The number of carbonyl (C=O) groups is 1. The van der Waals surface area contributed by atoms with E-state index >= 15 is 0 Å². The van der Waals surface area contributed by atoms with Gasteiger partial charge in [-0.3, -0.25) is 19.8 Å². The van der Waals surface area contributed by atoms with Crippen LogP contribution in [0.5, 0.6) is 0 Å². The Morgan fingerprint density at radius 3 is 2.61 bits per heavy atom. The van der Waals surface area contributed by atoms with Gasteiger partial charge in [0, 0.05) is 23.7 Å². The third kappa shape index (κ3) is 5.16. The van der Waals surface area contributed by atoms with Crippen LogP contribution in [0.15, 0.2) is 18.2 Å². The second kappa shape index (κ2) is 8.81. The number of nitrogens with zero attached hydrogens (tertiary/aromatic N) is 2. The van der Waals surface area contributed by atoms with E-state index in [2.05, 4.69) is 10.2 Å². The second-order valence-electron chi connectivity index (χ2n) is 5.74. The number of rotatable bonds is 6. The molecule has 1 aliphatic heterocycles. The van der Waals surface area contributed by atoms with Crippen molar-refractivity contribution in [3.63, 3.8) is 0 Å². The maximum Gasteiger partial charge on any atom is 0.274 e. The molecule has 1 amide bonds. The van der Waals surface area contributed by atoms with Gasteiger partial charge in [-0.25, -0.2) is 0 Å². The zero-order valence-electron chi connectivity index (χ0n) is 13.2. The molecule has 23 heavy (non-hydrogen) atoms. The van der Waals surface area contributed by atoms with Crippen LogP contribution in [0, 0.1) is 16.0 Å². The van der Waals surface area contributed by atoms with E-state index in [4.69, 9.17) is 5.73 Å². The molecule has 0 atom stereocenters. The number of nitro benzene ring substituents is 1. The molecule has 1 aromatic rings. The molecular formula is C15H23ClN4O3. The summed E-state index contributed by atoms with van der Waals surface area (Å²) >= 11 is 0. The molecule has 1 aliphatic rings. The highest BCUT2D eigenvalue weighted by atomic mass is 35.5. The van der Waals surface area contributed by atoms with Gasteiger partial charge in [-0.05, 0) is 51.5 Å². The van der Waals surface area contributed by atoms with Gasteiger partial charge < -0.3 is 11.1 Å². The Labute approximate surface area is 141 Å². The number of hydrogen-bond donors (Lipinski definition) is 2. The highest BCUT2D eigenvalue weighted by Crippen LogP contribution is 2.24. The number of benzene rings is 1. The van der Waals surface area contributed by atoms with Gasteiger partial charge >= 0.3 is 0 Å². The molecule has 128 valence electrons. The van der Waals surface area contributed by atoms with Crippen molar-refractivity contribution in [2.45, 2.75) is 19.4 Å². The predicted octanol–water partition coefficient (Wildman–Crippen LogP) is 1.55. The summed E-state index contributed by atoms with van der Waals surface area (Å²) in [4.78, 5) is 24.1. The monoisotopic (exact) mass is 342 g/mol. The fourth-order valence-corrected chi connectivity index (χ4v) is 2.90. The van der Waals surface area contributed by atoms with E-state index in [1.54, 1.807) is 12.1 Å². The number of piperidine rings is 1. The zero-order valence-corrected chi connectivity index (χ0v) is 14.0. The zero-order chi connectivity index (χ0) is 16.1. The third-order valence-electron chi connectivity index (χ3n) is 4.16. The highest BCUT2D eigenvalue weighted by Gasteiger charge is 2.22. The van der Waals surface area contributed by atoms with Gasteiger partial charge in [0.2, 0.25) is 5.91 Å². The number of likely N-dealkylation sites (tertiary alicyclic amines) is 1. The van der Waals surface area contributed by atoms with Gasteiger partial charge in [0.25, 0.3) is 5.69 Å². The Morgan fingerprint density at radius 1 is 1.43 bits per heavy atom. The molecule has 1 saturated heterocycles. The molecule has 0 spiro atoms. The lowest BCUT2D eigenvalue weighted by Crippen LogP contribution is -2.36. The molecule has 0 aliphatic carbocycles. The normalized spacial score (nSPS) is 15.9. The average molecular weight is 343 g/mol. The quantitative estimate of drug-likeness (QED) is 0.603. The first-order valence-corrected chi connectivity index (χ1v) is 7.45. The Balaban J connectivity index is 0.00000264. The van der Waals surface area contributed by atoms with Crippen molar-refractivity contribution < 1.29 is 9.72 Å². The van der Waals surface area contributed by atoms with Crippen LogP contribution in [0.4, 0.5) is 5.69 Å². The number of nitrogens with one attached hydrogen (secondary N) is 1. The largest absolute Gasteiger partial charge is 0.366 e. The molecule has 2 rings (SSSR count). The van der Waals surface area contributed by atoms with Gasteiger partial charge in [0.05, 0.1) is 4.92 Å². The van der Waals surface area contributed by atoms with Crippen LogP contribution in [0.1, 0.15) is 28.8 Å². The minimum atomic E-state index is -0.650. The van der Waals surface area contributed by atoms with Crippen molar-refractivity contribution in [2.24, 2.45) is 11.7 Å². The van der Waals surface area contributed by atoms with Crippen LogP contribution in [0.2, 0.25) is 0 Å². The first kappa shape index (κ1) is 19.3. The second-order valence-corrected chi connectivity index (χ2v) is 5.74. The number of amides is 1. The van der Waals surface area contributed by atoms with Gasteiger partial charge in [-0.1, -0.05) is 6.07 Å². The van der Waals surface area contributed by atoms with Crippen molar-refractivity contribution in [3.8, 4) is 0 Å². The van der Waals surface area contributed by atoms with Crippen LogP contribution >= 0.6 is 12.4 Å². The Bertz CT molecular complexity index is 560. The molecule has 0 bridgehead atoms. The number of nitro groups is 1. The highest BCUT2D eigenvalue weighted by molar-refractivity contribution is 5.93. The molecule has 1 fully saturated rings. The van der Waals surface area contributed by atoms with Crippen molar-refractivity contribution in [1.29, 1.82) is 0 Å². The Morgan fingerprint density at radius 2 is 2.09 bits per heavy atom. The summed E-state index contributed by atoms with van der Waals surface area (Å²) in [6.07, 6.45) is 2.18. The molecule has 0 saturated carbocycles. The van der Waals surface area contributed by atoms with E-state index in [9.17, 15) is 14.9 Å². The first-order valence-electron chi connectivity index (χ1n) is 7.45. The summed E-state index contributed by atoms with van der Waals surface area (Å²) in [6, 6.07) is 4.46. The summed E-state index contributed by atoms with van der Waals surface area (Å²) in [7, 11) is 1.95. The molecule has 0 aromatic heterocycles. The van der Waals surface area contributed by atoms with Crippen LogP contribution in [0.3, 0.4) is 0 Å². The summed E-state index contributed by atoms with van der Waals surface area (Å²) in [6.45, 7) is 3.41. The first-order chi connectivity index (χ1) is 10.5. The molecule has 0 unspecified atom stereocenters. The number of hydrogen-bond acceptors (Lipinski definition) is 5. The maximum atomic E-state index is 11.2. The molecule has 1 aromatic carbocycles. The van der Waals surface area contributed by atoms with Gasteiger partial charge in [-0.2, -0.15) is 0 Å². The number of halogens is 1. The van der Waals surface area contributed by atoms with Crippen LogP contribution in [0.25, 0.3) is 0 Å².